The van der Waals surface area contributed by atoms with Crippen molar-refractivity contribution in [1.82, 2.24) is 0 Å². The molecule has 0 spiro atoms. The number of hydrogen-bond donors (Lipinski definition) is 3. The van der Waals surface area contributed by atoms with Crippen molar-refractivity contribution in [1.29, 1.82) is 0 Å². The summed E-state index contributed by atoms with van der Waals surface area (Å²) in [6, 6.07) is -0.603. The zero-order valence-corrected chi connectivity index (χ0v) is 6.97. The van der Waals surface area contributed by atoms with E-state index in [4.69, 9.17) is 15.9 Å². The molecule has 0 amide bonds. The van der Waals surface area contributed by atoms with Crippen LogP contribution in [-0.2, 0) is 0 Å². The first-order valence-corrected chi connectivity index (χ1v) is 3.71. The first kappa shape index (κ1) is 10.8. The fourth-order valence-corrected chi connectivity index (χ4v) is 0.985. The van der Waals surface area contributed by atoms with Gasteiger partial charge in [0.2, 0.25) is 5.82 Å². The van der Waals surface area contributed by atoms with Crippen molar-refractivity contribution < 1.29 is 23.4 Å². The Balaban J connectivity index is 3.33. The molecule has 0 radical (unpaired) electrons. The number of phenols is 1. The van der Waals surface area contributed by atoms with Gasteiger partial charge in [-0.05, 0) is 6.07 Å². The normalized spacial score (nSPS) is 12.9. The van der Waals surface area contributed by atoms with Crippen LogP contribution in [0.2, 0.25) is 0 Å². The highest BCUT2D eigenvalue weighted by Gasteiger charge is 2.21. The van der Waals surface area contributed by atoms with Crippen molar-refractivity contribution >= 4 is 0 Å². The van der Waals surface area contributed by atoms with E-state index < -0.39 is 35.8 Å². The summed E-state index contributed by atoms with van der Waals surface area (Å²) in [5.41, 5.74) is 4.85. The number of aliphatic hydroxyl groups excluding tert-OH is 1. The fourth-order valence-electron chi connectivity index (χ4n) is 0.985. The Morgan fingerprint density at radius 3 is 2.36 bits per heavy atom. The summed E-state index contributed by atoms with van der Waals surface area (Å²) < 4.78 is 37.9. The van der Waals surface area contributed by atoms with Gasteiger partial charge in [0, 0.05) is 5.56 Å². The highest BCUT2D eigenvalue weighted by atomic mass is 19.2. The molecule has 0 aliphatic rings. The van der Waals surface area contributed by atoms with Gasteiger partial charge in [0.15, 0.2) is 17.4 Å². The van der Waals surface area contributed by atoms with Gasteiger partial charge < -0.3 is 15.9 Å². The van der Waals surface area contributed by atoms with E-state index in [9.17, 15) is 13.2 Å². The average molecular weight is 207 g/mol. The second-order valence-electron chi connectivity index (χ2n) is 2.71. The van der Waals surface area contributed by atoms with Crippen LogP contribution < -0.4 is 5.73 Å². The van der Waals surface area contributed by atoms with Gasteiger partial charge in [0.05, 0.1) is 12.6 Å². The Labute approximate surface area is 77.6 Å². The molecule has 0 aliphatic carbocycles. The Morgan fingerprint density at radius 2 is 1.86 bits per heavy atom. The van der Waals surface area contributed by atoms with Crippen LogP contribution in [0.15, 0.2) is 6.07 Å². The summed E-state index contributed by atoms with van der Waals surface area (Å²) in [5.74, 6) is -6.01. The third-order valence-corrected chi connectivity index (χ3v) is 1.76. The largest absolute Gasteiger partial charge is 0.505 e. The number of benzene rings is 1. The minimum atomic E-state index is -1.77. The van der Waals surface area contributed by atoms with Crippen LogP contribution in [-0.4, -0.2) is 16.8 Å². The zero-order valence-electron chi connectivity index (χ0n) is 6.97. The number of aliphatic hydroxyl groups is 1. The van der Waals surface area contributed by atoms with Crippen molar-refractivity contribution in [2.24, 2.45) is 5.73 Å². The predicted molar refractivity (Wildman–Crippen MR) is 42.0 cm³/mol. The highest BCUT2D eigenvalue weighted by Crippen LogP contribution is 2.29. The van der Waals surface area contributed by atoms with Crippen LogP contribution in [0.1, 0.15) is 11.6 Å². The Bertz CT molecular complexity index is 357. The summed E-state index contributed by atoms with van der Waals surface area (Å²) in [4.78, 5) is 0. The number of hydrogen-bond acceptors (Lipinski definition) is 3. The van der Waals surface area contributed by atoms with Crippen LogP contribution >= 0.6 is 0 Å². The van der Waals surface area contributed by atoms with E-state index in [0.29, 0.717) is 6.07 Å². The van der Waals surface area contributed by atoms with Gasteiger partial charge in [-0.2, -0.15) is 4.39 Å². The molecule has 14 heavy (non-hydrogen) atoms. The van der Waals surface area contributed by atoms with Gasteiger partial charge in [-0.3, -0.25) is 0 Å². The second-order valence-corrected chi connectivity index (χ2v) is 2.71. The standard InChI is InChI=1S/C8H8F3NO2/c9-4-1-3(5(12)2-13)8(14)7(11)6(4)10/h1,5,13-14H,2,12H2/t5-/m0/s1. The molecular formula is C8H8F3NO2. The molecule has 3 nitrogen and oxygen atoms in total. The molecule has 1 atom stereocenters. The maximum Gasteiger partial charge on any atom is 0.203 e. The van der Waals surface area contributed by atoms with Gasteiger partial charge in [-0.25, -0.2) is 8.78 Å². The number of phenolic OH excluding ortho intramolecular Hbond substituents is 1. The molecule has 0 bridgehead atoms. The third kappa shape index (κ3) is 1.66. The number of aromatic hydroxyl groups is 1. The Kier molecular flexibility index (Phi) is 2.97. The van der Waals surface area contributed by atoms with Gasteiger partial charge >= 0.3 is 0 Å². The number of rotatable bonds is 2. The summed E-state index contributed by atoms with van der Waals surface area (Å²) in [5, 5.41) is 17.6. The number of halogens is 3. The third-order valence-electron chi connectivity index (χ3n) is 1.76. The van der Waals surface area contributed by atoms with Gasteiger partial charge in [0.25, 0.3) is 0 Å². The molecular weight excluding hydrogens is 199 g/mol. The maximum atomic E-state index is 12.7. The molecule has 0 heterocycles. The van der Waals surface area contributed by atoms with E-state index in [-0.39, 0.29) is 5.56 Å². The van der Waals surface area contributed by atoms with Gasteiger partial charge in [-0.15, -0.1) is 0 Å². The van der Waals surface area contributed by atoms with Gasteiger partial charge in [0.1, 0.15) is 0 Å². The summed E-state index contributed by atoms with van der Waals surface area (Å²) in [7, 11) is 0. The monoisotopic (exact) mass is 207 g/mol. The lowest BCUT2D eigenvalue weighted by Crippen LogP contribution is -2.16. The molecule has 0 fully saturated rings. The highest BCUT2D eigenvalue weighted by molar-refractivity contribution is 5.37. The van der Waals surface area contributed by atoms with Crippen molar-refractivity contribution in [2.75, 3.05) is 6.61 Å². The van der Waals surface area contributed by atoms with Crippen LogP contribution in [0.4, 0.5) is 13.2 Å². The van der Waals surface area contributed by atoms with Crippen molar-refractivity contribution in [3.63, 3.8) is 0 Å². The molecule has 1 aromatic rings. The Hall–Kier alpha value is -1.27. The lowest BCUT2D eigenvalue weighted by Gasteiger charge is -2.11. The van der Waals surface area contributed by atoms with Crippen molar-refractivity contribution in [2.45, 2.75) is 6.04 Å². The van der Waals surface area contributed by atoms with E-state index in [1.54, 1.807) is 0 Å². The first-order valence-electron chi connectivity index (χ1n) is 3.71. The lowest BCUT2D eigenvalue weighted by atomic mass is 10.1. The summed E-state index contributed by atoms with van der Waals surface area (Å²) in [6.07, 6.45) is 0. The van der Waals surface area contributed by atoms with E-state index in [1.165, 1.54) is 0 Å². The van der Waals surface area contributed by atoms with E-state index >= 15 is 0 Å². The van der Waals surface area contributed by atoms with E-state index in [2.05, 4.69) is 0 Å². The Morgan fingerprint density at radius 1 is 1.29 bits per heavy atom. The molecule has 0 unspecified atom stereocenters. The quantitative estimate of drug-likeness (QED) is 0.628. The first-order chi connectivity index (χ1) is 6.49. The summed E-state index contributed by atoms with van der Waals surface area (Å²) >= 11 is 0. The lowest BCUT2D eigenvalue weighted by molar-refractivity contribution is 0.263. The molecule has 0 saturated heterocycles. The predicted octanol–water partition coefficient (Wildman–Crippen LogP) is 0.802. The molecule has 1 rings (SSSR count). The molecule has 4 N–H and O–H groups in total. The molecule has 6 heteroatoms. The van der Waals surface area contributed by atoms with Crippen molar-refractivity contribution in [3.05, 3.63) is 29.1 Å². The maximum absolute atomic E-state index is 12.7. The average Bonchev–Trinajstić information content (AvgIpc) is 2.19. The van der Waals surface area contributed by atoms with E-state index in [0.717, 1.165) is 0 Å². The molecule has 0 aliphatic heterocycles. The second kappa shape index (κ2) is 3.85. The smallest absolute Gasteiger partial charge is 0.203 e. The molecule has 1 aromatic carbocycles. The SMILES string of the molecule is N[C@@H](CO)c1cc(F)c(F)c(F)c1O. The molecule has 0 saturated carbocycles. The van der Waals surface area contributed by atoms with Crippen molar-refractivity contribution in [3.8, 4) is 5.75 Å². The fraction of sp³-hybridized carbons (Fsp3) is 0.250. The summed E-state index contributed by atoms with van der Waals surface area (Å²) in [6.45, 7) is -0.613. The van der Waals surface area contributed by atoms with E-state index in [1.807, 2.05) is 0 Å². The zero-order chi connectivity index (χ0) is 10.9. The van der Waals surface area contributed by atoms with Crippen LogP contribution in [0, 0.1) is 17.5 Å². The number of nitrogens with two attached hydrogens (primary N) is 1. The van der Waals surface area contributed by atoms with Crippen LogP contribution in [0.3, 0.4) is 0 Å². The molecule has 78 valence electrons. The van der Waals surface area contributed by atoms with Crippen LogP contribution in [0.5, 0.6) is 5.75 Å². The van der Waals surface area contributed by atoms with Gasteiger partial charge in [-0.1, -0.05) is 0 Å². The molecule has 0 aromatic heterocycles. The minimum Gasteiger partial charge on any atom is -0.505 e. The minimum absolute atomic E-state index is 0.371. The topological polar surface area (TPSA) is 66.5 Å². The van der Waals surface area contributed by atoms with Crippen LogP contribution in [0.25, 0.3) is 0 Å².